The molecule has 2 aliphatic heterocycles. The Balaban J connectivity index is 1.22. The molecule has 0 spiro atoms. The third-order valence-corrected chi connectivity index (χ3v) is 9.36. The molecule has 0 aromatic heterocycles. The first kappa shape index (κ1) is 34.8. The molecule has 2 saturated heterocycles. The third-order valence-electron chi connectivity index (χ3n) is 9.36. The summed E-state index contributed by atoms with van der Waals surface area (Å²) >= 11 is 0. The highest BCUT2D eigenvalue weighted by Gasteiger charge is 2.34. The van der Waals surface area contributed by atoms with Crippen molar-refractivity contribution in [2.45, 2.75) is 78.1 Å². The standard InChI is InChI=1S/C37H54N2O6/c1-37(2,35(40)17-13-29-11-15-31(33(27-29)42-3)44-25-23-38-19-7-5-8-20-38)36(41)18-14-30-12-16-32(34(28-30)43-4)45-26-24-39-21-9-6-10-22-39/h11-12,15-16,27-28H,5-10,13-14,17-26H2,1-4H3. The second-order valence-electron chi connectivity index (χ2n) is 12.9. The van der Waals surface area contributed by atoms with Gasteiger partial charge in [0.25, 0.3) is 0 Å². The maximum atomic E-state index is 13.2. The van der Waals surface area contributed by atoms with Crippen LogP contribution in [0.4, 0.5) is 0 Å². The number of ketones is 2. The lowest BCUT2D eigenvalue weighted by Crippen LogP contribution is -2.34. The number of aryl methyl sites for hydroxylation is 2. The Morgan fingerprint density at radius 3 is 1.40 bits per heavy atom. The SMILES string of the molecule is COc1cc(CCC(=O)C(C)(C)C(=O)CCc2ccc(OCCN3CCCCC3)c(OC)c2)ccc1OCCN1CCCCC1. The summed E-state index contributed by atoms with van der Waals surface area (Å²) in [5, 5.41) is 0. The highest BCUT2D eigenvalue weighted by molar-refractivity contribution is 6.06. The molecule has 4 rings (SSSR count). The fraction of sp³-hybridized carbons (Fsp3) is 0.622. The number of ether oxygens (including phenoxy) is 4. The van der Waals surface area contributed by atoms with Crippen LogP contribution in [0, 0.1) is 5.41 Å². The van der Waals surface area contributed by atoms with E-state index in [4.69, 9.17) is 18.9 Å². The van der Waals surface area contributed by atoms with E-state index in [9.17, 15) is 9.59 Å². The van der Waals surface area contributed by atoms with Gasteiger partial charge in [-0.05, 0) is 114 Å². The number of Topliss-reactive ketones (excluding diaryl/α,β-unsaturated/α-hetero) is 2. The lowest BCUT2D eigenvalue weighted by atomic mass is 9.79. The van der Waals surface area contributed by atoms with Gasteiger partial charge in [-0.15, -0.1) is 0 Å². The normalized spacial score (nSPS) is 16.3. The van der Waals surface area contributed by atoms with Gasteiger partial charge in [0.2, 0.25) is 0 Å². The Morgan fingerprint density at radius 1 is 0.622 bits per heavy atom. The smallest absolute Gasteiger partial charge is 0.161 e. The van der Waals surface area contributed by atoms with Crippen molar-refractivity contribution in [3.63, 3.8) is 0 Å². The molecule has 8 heteroatoms. The molecule has 0 atom stereocenters. The van der Waals surface area contributed by atoms with E-state index in [1.165, 1.54) is 38.5 Å². The highest BCUT2D eigenvalue weighted by Crippen LogP contribution is 2.31. The molecule has 0 unspecified atom stereocenters. The molecule has 0 amide bonds. The second-order valence-corrected chi connectivity index (χ2v) is 12.9. The lowest BCUT2D eigenvalue weighted by molar-refractivity contribution is -0.138. The van der Waals surface area contributed by atoms with Crippen LogP contribution < -0.4 is 18.9 Å². The van der Waals surface area contributed by atoms with Gasteiger partial charge in [0.15, 0.2) is 23.0 Å². The van der Waals surface area contributed by atoms with Crippen LogP contribution in [0.5, 0.6) is 23.0 Å². The van der Waals surface area contributed by atoms with E-state index in [0.29, 0.717) is 49.1 Å². The van der Waals surface area contributed by atoms with Crippen molar-refractivity contribution < 1.29 is 28.5 Å². The van der Waals surface area contributed by atoms with Gasteiger partial charge in [-0.25, -0.2) is 0 Å². The van der Waals surface area contributed by atoms with E-state index in [1.807, 2.05) is 36.4 Å². The van der Waals surface area contributed by atoms with E-state index in [1.54, 1.807) is 28.1 Å². The van der Waals surface area contributed by atoms with Gasteiger partial charge in [0, 0.05) is 25.9 Å². The molecule has 2 aromatic rings. The molecule has 2 fully saturated rings. The quantitative estimate of drug-likeness (QED) is 0.183. The second kappa shape index (κ2) is 17.6. The molecule has 45 heavy (non-hydrogen) atoms. The van der Waals surface area contributed by atoms with Gasteiger partial charge < -0.3 is 18.9 Å². The molecule has 0 radical (unpaired) electrons. The van der Waals surface area contributed by atoms with Crippen molar-refractivity contribution in [3.05, 3.63) is 47.5 Å². The number of nitrogens with zero attached hydrogens (tertiary/aromatic N) is 2. The molecular formula is C37H54N2O6. The van der Waals surface area contributed by atoms with Crippen molar-refractivity contribution in [3.8, 4) is 23.0 Å². The summed E-state index contributed by atoms with van der Waals surface area (Å²) in [6.45, 7) is 11.1. The van der Waals surface area contributed by atoms with Gasteiger partial charge in [-0.1, -0.05) is 25.0 Å². The minimum atomic E-state index is -1.05. The Kier molecular flexibility index (Phi) is 13.6. The van der Waals surface area contributed by atoms with E-state index in [2.05, 4.69) is 9.80 Å². The number of hydrogen-bond donors (Lipinski definition) is 0. The summed E-state index contributed by atoms with van der Waals surface area (Å²) in [4.78, 5) is 31.4. The highest BCUT2D eigenvalue weighted by atomic mass is 16.5. The molecule has 8 nitrogen and oxygen atoms in total. The van der Waals surface area contributed by atoms with Gasteiger partial charge in [-0.2, -0.15) is 0 Å². The number of likely N-dealkylation sites (tertiary alicyclic amines) is 2. The topological polar surface area (TPSA) is 77.5 Å². The number of methoxy groups -OCH3 is 2. The van der Waals surface area contributed by atoms with E-state index >= 15 is 0 Å². The predicted molar refractivity (Wildman–Crippen MR) is 178 cm³/mol. The van der Waals surface area contributed by atoms with E-state index in [0.717, 1.165) is 50.4 Å². The van der Waals surface area contributed by atoms with E-state index in [-0.39, 0.29) is 24.4 Å². The molecular weight excluding hydrogens is 568 g/mol. The molecule has 248 valence electrons. The third kappa shape index (κ3) is 10.5. The Hall–Kier alpha value is -3.10. The maximum Gasteiger partial charge on any atom is 0.161 e. The van der Waals surface area contributed by atoms with Crippen molar-refractivity contribution in [2.75, 3.05) is 66.7 Å². The number of rotatable bonds is 18. The maximum absolute atomic E-state index is 13.2. The first-order valence-corrected chi connectivity index (χ1v) is 16.9. The van der Waals surface area contributed by atoms with Crippen LogP contribution in [-0.2, 0) is 22.4 Å². The zero-order valence-electron chi connectivity index (χ0n) is 28.0. The molecule has 0 N–H and O–H groups in total. The summed E-state index contributed by atoms with van der Waals surface area (Å²) < 4.78 is 23.2. The van der Waals surface area contributed by atoms with Crippen LogP contribution in [0.1, 0.15) is 76.3 Å². The van der Waals surface area contributed by atoms with E-state index < -0.39 is 5.41 Å². The summed E-state index contributed by atoms with van der Waals surface area (Å²) in [7, 11) is 3.27. The average molecular weight is 623 g/mol. The van der Waals surface area contributed by atoms with Crippen LogP contribution in [0.15, 0.2) is 36.4 Å². The monoisotopic (exact) mass is 622 g/mol. The number of carbonyl (C=O) groups excluding carboxylic acids is 2. The predicted octanol–water partition coefficient (Wildman–Crippen LogP) is 6.16. The molecule has 2 heterocycles. The molecule has 2 aromatic carbocycles. The van der Waals surface area contributed by atoms with Crippen molar-refractivity contribution in [1.82, 2.24) is 9.80 Å². The number of piperidine rings is 2. The Labute approximate surface area is 270 Å². The van der Waals surface area contributed by atoms with Crippen LogP contribution >= 0.6 is 0 Å². The van der Waals surface area contributed by atoms with Crippen LogP contribution in [-0.4, -0.2) is 88.1 Å². The molecule has 0 aliphatic carbocycles. The van der Waals surface area contributed by atoms with Crippen LogP contribution in [0.3, 0.4) is 0 Å². The lowest BCUT2D eigenvalue weighted by Gasteiger charge is -2.26. The zero-order valence-corrected chi connectivity index (χ0v) is 28.0. The first-order chi connectivity index (χ1) is 21.8. The van der Waals surface area contributed by atoms with Gasteiger partial charge >= 0.3 is 0 Å². The molecule has 2 aliphatic rings. The first-order valence-electron chi connectivity index (χ1n) is 16.9. The van der Waals surface area contributed by atoms with Crippen molar-refractivity contribution in [2.24, 2.45) is 5.41 Å². The minimum Gasteiger partial charge on any atom is -0.493 e. The molecule has 0 bridgehead atoms. The summed E-state index contributed by atoms with van der Waals surface area (Å²) in [5.74, 6) is 2.67. The summed E-state index contributed by atoms with van der Waals surface area (Å²) in [5.41, 5.74) is 0.915. The zero-order chi connectivity index (χ0) is 32.1. The molecule has 0 saturated carbocycles. The fourth-order valence-corrected chi connectivity index (χ4v) is 6.21. The van der Waals surface area contributed by atoms with Crippen LogP contribution in [0.25, 0.3) is 0 Å². The summed E-state index contributed by atoms with van der Waals surface area (Å²) in [6, 6.07) is 11.7. The van der Waals surface area contributed by atoms with Crippen molar-refractivity contribution >= 4 is 11.6 Å². The largest absolute Gasteiger partial charge is 0.493 e. The van der Waals surface area contributed by atoms with Crippen LogP contribution in [0.2, 0.25) is 0 Å². The number of carbonyl (C=O) groups is 2. The minimum absolute atomic E-state index is 0.0524. The Morgan fingerprint density at radius 2 is 1.02 bits per heavy atom. The van der Waals surface area contributed by atoms with Gasteiger partial charge in [-0.3, -0.25) is 19.4 Å². The average Bonchev–Trinajstić information content (AvgIpc) is 3.07. The van der Waals surface area contributed by atoms with Gasteiger partial charge in [0.1, 0.15) is 24.8 Å². The fourth-order valence-electron chi connectivity index (χ4n) is 6.21. The summed E-state index contributed by atoms with van der Waals surface area (Å²) in [6.07, 6.45) is 9.33. The Bertz CT molecular complexity index is 1140. The number of benzene rings is 2. The van der Waals surface area contributed by atoms with Crippen molar-refractivity contribution in [1.29, 1.82) is 0 Å². The van der Waals surface area contributed by atoms with Gasteiger partial charge in [0.05, 0.1) is 19.6 Å². The number of hydrogen-bond acceptors (Lipinski definition) is 8.